The lowest BCUT2D eigenvalue weighted by Crippen LogP contribution is -2.28. The Kier molecular flexibility index (Phi) is 6.92. The highest BCUT2D eigenvalue weighted by Crippen LogP contribution is 2.29. The van der Waals surface area contributed by atoms with E-state index in [1.165, 1.54) is 5.56 Å². The van der Waals surface area contributed by atoms with E-state index in [9.17, 15) is 13.2 Å². The summed E-state index contributed by atoms with van der Waals surface area (Å²) in [4.78, 5) is 2.16. The Labute approximate surface area is 157 Å². The van der Waals surface area contributed by atoms with Gasteiger partial charge in [-0.1, -0.05) is 48.5 Å². The van der Waals surface area contributed by atoms with Gasteiger partial charge in [0.1, 0.15) is 5.75 Å². The molecule has 0 amide bonds. The van der Waals surface area contributed by atoms with E-state index in [4.69, 9.17) is 10.5 Å². The molecule has 0 bridgehead atoms. The first-order valence-electron chi connectivity index (χ1n) is 8.23. The Balaban J connectivity index is 0.00000243. The van der Waals surface area contributed by atoms with Gasteiger partial charge in [-0.05, 0) is 11.6 Å². The molecule has 2 N–H and O–H groups in total. The average Bonchev–Trinajstić information content (AvgIpc) is 2.94. The van der Waals surface area contributed by atoms with E-state index in [1.807, 2.05) is 18.2 Å². The van der Waals surface area contributed by atoms with Crippen molar-refractivity contribution in [3.05, 3.63) is 65.7 Å². The Morgan fingerprint density at radius 1 is 1.00 bits per heavy atom. The van der Waals surface area contributed by atoms with Crippen LogP contribution < -0.4 is 10.5 Å². The second kappa shape index (κ2) is 8.75. The zero-order valence-corrected chi connectivity index (χ0v) is 15.0. The molecule has 1 aliphatic rings. The van der Waals surface area contributed by atoms with Crippen molar-refractivity contribution in [3.63, 3.8) is 0 Å². The van der Waals surface area contributed by atoms with Crippen molar-refractivity contribution in [1.82, 2.24) is 4.90 Å². The van der Waals surface area contributed by atoms with Crippen LogP contribution in [0, 0.1) is 0 Å². The van der Waals surface area contributed by atoms with Crippen LogP contribution in [0.5, 0.6) is 5.75 Å². The predicted molar refractivity (Wildman–Crippen MR) is 97.7 cm³/mol. The number of halogens is 4. The molecule has 2 atom stereocenters. The Morgan fingerprint density at radius 3 is 2.35 bits per heavy atom. The molecule has 0 unspecified atom stereocenters. The second-order valence-electron chi connectivity index (χ2n) is 6.39. The van der Waals surface area contributed by atoms with Crippen molar-refractivity contribution in [1.29, 1.82) is 0 Å². The second-order valence-corrected chi connectivity index (χ2v) is 6.39. The number of nitrogens with two attached hydrogens (primary N) is 1. The minimum atomic E-state index is -4.35. The normalized spacial score (nSPS) is 20.6. The van der Waals surface area contributed by atoms with Gasteiger partial charge >= 0.3 is 6.18 Å². The van der Waals surface area contributed by atoms with Crippen LogP contribution in [0.25, 0.3) is 0 Å². The number of hydrogen-bond acceptors (Lipinski definition) is 3. The van der Waals surface area contributed by atoms with E-state index < -0.39 is 12.8 Å². The van der Waals surface area contributed by atoms with Gasteiger partial charge in [0.15, 0.2) is 6.61 Å². The van der Waals surface area contributed by atoms with Crippen LogP contribution in [0.4, 0.5) is 13.2 Å². The van der Waals surface area contributed by atoms with Crippen LogP contribution in [0.15, 0.2) is 54.6 Å². The molecule has 142 valence electrons. The van der Waals surface area contributed by atoms with Crippen LogP contribution >= 0.6 is 12.4 Å². The fraction of sp³-hybridized carbons (Fsp3) is 0.368. The van der Waals surface area contributed by atoms with Crippen molar-refractivity contribution in [2.24, 2.45) is 5.73 Å². The maximum absolute atomic E-state index is 12.4. The fourth-order valence-electron chi connectivity index (χ4n) is 3.27. The molecule has 0 radical (unpaired) electrons. The van der Waals surface area contributed by atoms with Gasteiger partial charge in [0.05, 0.1) is 0 Å². The largest absolute Gasteiger partial charge is 0.484 e. The third kappa shape index (κ3) is 5.37. The van der Waals surface area contributed by atoms with Gasteiger partial charge in [0, 0.05) is 37.2 Å². The fourth-order valence-corrected chi connectivity index (χ4v) is 3.27. The topological polar surface area (TPSA) is 38.5 Å². The number of benzene rings is 2. The standard InChI is InChI=1S/C19H21F3N2O.ClH/c20-19(21,22)13-25-18-9-5-4-8-15(18)10-24-11-16(17(23)12-24)14-6-2-1-3-7-14;/h1-9,16-17H,10-13,23H2;1H/t16-,17+;/m0./s1. The quantitative estimate of drug-likeness (QED) is 0.844. The van der Waals surface area contributed by atoms with Crippen LogP contribution in [-0.4, -0.2) is 36.8 Å². The molecule has 3 nitrogen and oxygen atoms in total. The SMILES string of the molecule is Cl.N[C@@H]1CN(Cc2ccccc2OCC(F)(F)F)C[C@H]1c1ccccc1. The maximum Gasteiger partial charge on any atom is 0.422 e. The molecular formula is C19H22ClF3N2O. The number of hydrogen-bond donors (Lipinski definition) is 1. The maximum atomic E-state index is 12.4. The first-order valence-corrected chi connectivity index (χ1v) is 8.23. The van der Waals surface area contributed by atoms with Crippen molar-refractivity contribution in [3.8, 4) is 5.75 Å². The molecule has 0 saturated carbocycles. The number of likely N-dealkylation sites (tertiary alicyclic amines) is 1. The predicted octanol–water partition coefficient (Wildman–Crippen LogP) is 3.98. The van der Waals surface area contributed by atoms with Crippen molar-refractivity contribution in [2.45, 2.75) is 24.7 Å². The van der Waals surface area contributed by atoms with Gasteiger partial charge in [-0.3, -0.25) is 4.90 Å². The number of para-hydroxylation sites is 1. The van der Waals surface area contributed by atoms with Gasteiger partial charge in [-0.25, -0.2) is 0 Å². The number of rotatable bonds is 5. The molecule has 1 fully saturated rings. The van der Waals surface area contributed by atoms with E-state index in [0.29, 0.717) is 13.1 Å². The first kappa shape index (κ1) is 20.6. The highest BCUT2D eigenvalue weighted by molar-refractivity contribution is 5.85. The summed E-state index contributed by atoms with van der Waals surface area (Å²) in [6.07, 6.45) is -4.35. The number of ether oxygens (including phenoxy) is 1. The number of nitrogens with zero attached hydrogens (tertiary/aromatic N) is 1. The highest BCUT2D eigenvalue weighted by atomic mass is 35.5. The van der Waals surface area contributed by atoms with Gasteiger partial charge in [0.25, 0.3) is 0 Å². The lowest BCUT2D eigenvalue weighted by atomic mass is 9.95. The third-order valence-corrected chi connectivity index (χ3v) is 4.43. The van der Waals surface area contributed by atoms with Crippen LogP contribution in [0.2, 0.25) is 0 Å². The van der Waals surface area contributed by atoms with Crippen LogP contribution in [0.1, 0.15) is 17.0 Å². The molecule has 0 aromatic heterocycles. The Hall–Kier alpha value is -1.76. The summed E-state index contributed by atoms with van der Waals surface area (Å²) in [5.41, 5.74) is 8.22. The first-order chi connectivity index (χ1) is 11.9. The average molecular weight is 387 g/mol. The van der Waals surface area contributed by atoms with Gasteiger partial charge in [-0.15, -0.1) is 12.4 Å². The molecule has 2 aromatic carbocycles. The van der Waals surface area contributed by atoms with Crippen molar-refractivity contribution in [2.75, 3.05) is 19.7 Å². The summed E-state index contributed by atoms with van der Waals surface area (Å²) >= 11 is 0. The summed E-state index contributed by atoms with van der Waals surface area (Å²) in [6, 6.07) is 16.9. The van der Waals surface area contributed by atoms with Crippen molar-refractivity contribution >= 4 is 12.4 Å². The zero-order valence-electron chi connectivity index (χ0n) is 14.2. The molecule has 0 spiro atoms. The monoisotopic (exact) mass is 386 g/mol. The zero-order chi connectivity index (χ0) is 17.9. The molecule has 1 saturated heterocycles. The summed E-state index contributed by atoms with van der Waals surface area (Å²) in [5, 5.41) is 0. The minimum Gasteiger partial charge on any atom is -0.484 e. The molecule has 3 rings (SSSR count). The summed E-state index contributed by atoms with van der Waals surface area (Å²) in [6.45, 7) is 0.715. The van der Waals surface area contributed by atoms with Crippen LogP contribution in [0.3, 0.4) is 0 Å². The van der Waals surface area contributed by atoms with Gasteiger partial charge in [0.2, 0.25) is 0 Å². The van der Waals surface area contributed by atoms with Crippen molar-refractivity contribution < 1.29 is 17.9 Å². The summed E-state index contributed by atoms with van der Waals surface area (Å²) in [7, 11) is 0. The minimum absolute atomic E-state index is 0. The van der Waals surface area contributed by atoms with Gasteiger partial charge in [-0.2, -0.15) is 13.2 Å². The summed E-state index contributed by atoms with van der Waals surface area (Å²) < 4.78 is 42.2. The van der Waals surface area contributed by atoms with E-state index in [-0.39, 0.29) is 30.1 Å². The van der Waals surface area contributed by atoms with E-state index in [1.54, 1.807) is 24.3 Å². The Bertz CT molecular complexity index is 697. The molecule has 1 aliphatic heterocycles. The molecule has 1 heterocycles. The smallest absolute Gasteiger partial charge is 0.422 e. The lowest BCUT2D eigenvalue weighted by molar-refractivity contribution is -0.153. The van der Waals surface area contributed by atoms with Gasteiger partial charge < -0.3 is 10.5 Å². The Morgan fingerprint density at radius 2 is 1.65 bits per heavy atom. The third-order valence-electron chi connectivity index (χ3n) is 4.43. The summed E-state index contributed by atoms with van der Waals surface area (Å²) in [5.74, 6) is 0.501. The van der Waals surface area contributed by atoms with E-state index in [2.05, 4.69) is 17.0 Å². The molecule has 26 heavy (non-hydrogen) atoms. The molecular weight excluding hydrogens is 365 g/mol. The molecule has 2 aromatic rings. The molecule has 0 aliphatic carbocycles. The lowest BCUT2D eigenvalue weighted by Gasteiger charge is -2.19. The number of alkyl halides is 3. The van der Waals surface area contributed by atoms with Crippen LogP contribution in [-0.2, 0) is 6.54 Å². The highest BCUT2D eigenvalue weighted by Gasteiger charge is 2.32. The van der Waals surface area contributed by atoms with E-state index >= 15 is 0 Å². The van der Waals surface area contributed by atoms with E-state index in [0.717, 1.165) is 12.1 Å². The molecule has 7 heteroatoms.